The summed E-state index contributed by atoms with van der Waals surface area (Å²) >= 11 is 6.17. The summed E-state index contributed by atoms with van der Waals surface area (Å²) in [7, 11) is 4.09. The minimum atomic E-state index is -0.534. The Labute approximate surface area is 197 Å². The molecule has 1 aromatic heterocycles. The molecule has 0 saturated carbocycles. The standard InChI is InChI=1S/C27H23ClN4O/c1-32(2)16-17-5-9-21(10-6-17)30-26(19-7-12-23-18(14-19)4-3-13-29-23)25-22-11-8-20(28)15-24(22)31-27(25)33/h3-15,25H,16H2,1-2H3,(H,31,33). The zero-order valence-corrected chi connectivity index (χ0v) is 19.2. The fourth-order valence-corrected chi connectivity index (χ4v) is 4.39. The van der Waals surface area contributed by atoms with Crippen LogP contribution in [0.15, 0.2) is 84.0 Å². The van der Waals surface area contributed by atoms with Gasteiger partial charge < -0.3 is 10.2 Å². The topological polar surface area (TPSA) is 57.6 Å². The van der Waals surface area contributed by atoms with Crippen LogP contribution in [-0.2, 0) is 11.3 Å². The highest BCUT2D eigenvalue weighted by Crippen LogP contribution is 2.38. The summed E-state index contributed by atoms with van der Waals surface area (Å²) in [5.41, 5.74) is 6.09. The monoisotopic (exact) mass is 454 g/mol. The number of carbonyl (C=O) groups excluding carboxylic acids is 1. The van der Waals surface area contributed by atoms with Gasteiger partial charge in [-0.3, -0.25) is 14.8 Å². The quantitative estimate of drug-likeness (QED) is 0.387. The van der Waals surface area contributed by atoms with E-state index in [1.165, 1.54) is 5.56 Å². The maximum absolute atomic E-state index is 13.1. The lowest BCUT2D eigenvalue weighted by Gasteiger charge is -2.15. The van der Waals surface area contributed by atoms with Crippen molar-refractivity contribution in [3.63, 3.8) is 0 Å². The van der Waals surface area contributed by atoms with Crippen molar-refractivity contribution in [3.8, 4) is 0 Å². The molecule has 0 bridgehead atoms. The molecule has 0 radical (unpaired) electrons. The van der Waals surface area contributed by atoms with Gasteiger partial charge >= 0.3 is 0 Å². The number of pyridine rings is 1. The van der Waals surface area contributed by atoms with E-state index >= 15 is 0 Å². The minimum Gasteiger partial charge on any atom is -0.325 e. The van der Waals surface area contributed by atoms with Crippen molar-refractivity contribution >= 4 is 45.5 Å². The van der Waals surface area contributed by atoms with E-state index in [0.717, 1.165) is 39.9 Å². The van der Waals surface area contributed by atoms with Gasteiger partial charge in [-0.15, -0.1) is 0 Å². The van der Waals surface area contributed by atoms with Gasteiger partial charge in [0.25, 0.3) is 0 Å². The molecule has 4 aromatic rings. The van der Waals surface area contributed by atoms with E-state index in [9.17, 15) is 4.79 Å². The van der Waals surface area contributed by atoms with Gasteiger partial charge in [0, 0.05) is 28.8 Å². The lowest BCUT2D eigenvalue weighted by molar-refractivity contribution is -0.115. The maximum Gasteiger partial charge on any atom is 0.238 e. The number of fused-ring (bicyclic) bond motifs is 2. The van der Waals surface area contributed by atoms with Crippen LogP contribution in [-0.4, -0.2) is 35.6 Å². The molecule has 1 aliphatic heterocycles. The number of nitrogens with one attached hydrogen (secondary N) is 1. The predicted octanol–water partition coefficient (Wildman–Crippen LogP) is 5.81. The van der Waals surface area contributed by atoms with E-state index in [4.69, 9.17) is 16.6 Å². The number of aliphatic imine (C=N–C) groups is 1. The largest absolute Gasteiger partial charge is 0.325 e. The van der Waals surface area contributed by atoms with E-state index in [1.54, 1.807) is 12.3 Å². The molecule has 0 spiro atoms. The number of rotatable bonds is 5. The Morgan fingerprint density at radius 2 is 1.88 bits per heavy atom. The fraction of sp³-hybridized carbons (Fsp3) is 0.148. The Bertz CT molecular complexity index is 1380. The van der Waals surface area contributed by atoms with Crippen LogP contribution in [0.2, 0.25) is 5.02 Å². The third-order valence-electron chi connectivity index (χ3n) is 5.70. The summed E-state index contributed by atoms with van der Waals surface area (Å²) in [4.78, 5) is 24.7. The van der Waals surface area contributed by atoms with Crippen molar-refractivity contribution in [3.05, 3.63) is 101 Å². The Morgan fingerprint density at radius 1 is 1.06 bits per heavy atom. The van der Waals surface area contributed by atoms with Gasteiger partial charge in [-0.1, -0.05) is 41.9 Å². The third-order valence-corrected chi connectivity index (χ3v) is 5.94. The average molecular weight is 455 g/mol. The highest BCUT2D eigenvalue weighted by Gasteiger charge is 2.35. The van der Waals surface area contributed by atoms with Gasteiger partial charge in [0.15, 0.2) is 0 Å². The van der Waals surface area contributed by atoms with Crippen LogP contribution in [0.4, 0.5) is 11.4 Å². The van der Waals surface area contributed by atoms with Gasteiger partial charge in [-0.05, 0) is 73.3 Å². The second-order valence-electron chi connectivity index (χ2n) is 8.47. The number of anilines is 1. The molecular weight excluding hydrogens is 432 g/mol. The molecule has 0 aliphatic carbocycles. The summed E-state index contributed by atoms with van der Waals surface area (Å²) in [6, 6.07) is 23.6. The first kappa shape index (κ1) is 21.3. The number of hydrogen-bond donors (Lipinski definition) is 1. The molecule has 5 rings (SSSR count). The van der Waals surface area contributed by atoms with Crippen LogP contribution in [0.5, 0.6) is 0 Å². The molecule has 1 aliphatic rings. The summed E-state index contributed by atoms with van der Waals surface area (Å²) in [5, 5.41) is 4.55. The Kier molecular flexibility index (Phi) is 5.67. The third kappa shape index (κ3) is 4.38. The van der Waals surface area contributed by atoms with Crippen LogP contribution in [0, 0.1) is 0 Å². The van der Waals surface area contributed by atoms with E-state index in [0.29, 0.717) is 10.7 Å². The van der Waals surface area contributed by atoms with Crippen molar-refractivity contribution in [2.24, 2.45) is 4.99 Å². The van der Waals surface area contributed by atoms with Gasteiger partial charge in [0.2, 0.25) is 5.91 Å². The Hall–Kier alpha value is -3.54. The molecular formula is C27H23ClN4O. The highest BCUT2D eigenvalue weighted by atomic mass is 35.5. The van der Waals surface area contributed by atoms with Crippen LogP contribution in [0.1, 0.15) is 22.6 Å². The predicted molar refractivity (Wildman–Crippen MR) is 135 cm³/mol. The molecule has 164 valence electrons. The van der Waals surface area contributed by atoms with Crippen LogP contribution in [0.25, 0.3) is 10.9 Å². The molecule has 0 fully saturated rings. The first-order chi connectivity index (χ1) is 16.0. The zero-order valence-electron chi connectivity index (χ0n) is 18.4. The van der Waals surface area contributed by atoms with E-state index in [1.807, 2.05) is 68.7 Å². The second-order valence-corrected chi connectivity index (χ2v) is 8.90. The molecule has 3 aromatic carbocycles. The van der Waals surface area contributed by atoms with Crippen molar-refractivity contribution in [1.29, 1.82) is 0 Å². The van der Waals surface area contributed by atoms with Crippen LogP contribution >= 0.6 is 11.6 Å². The van der Waals surface area contributed by atoms with Crippen molar-refractivity contribution in [2.45, 2.75) is 12.5 Å². The van der Waals surface area contributed by atoms with E-state index in [2.05, 4.69) is 27.3 Å². The number of halogens is 1. The summed E-state index contributed by atoms with van der Waals surface area (Å²) in [5.74, 6) is -0.644. The smallest absolute Gasteiger partial charge is 0.238 e. The first-order valence-electron chi connectivity index (χ1n) is 10.8. The molecule has 1 amide bonds. The molecule has 33 heavy (non-hydrogen) atoms. The number of carbonyl (C=O) groups is 1. The van der Waals surface area contributed by atoms with Crippen molar-refractivity contribution in [2.75, 3.05) is 19.4 Å². The lowest BCUT2D eigenvalue weighted by Crippen LogP contribution is -2.22. The number of aromatic nitrogens is 1. The number of benzene rings is 3. The molecule has 1 N–H and O–H groups in total. The molecule has 1 unspecified atom stereocenters. The second kappa shape index (κ2) is 8.77. The normalized spacial score (nSPS) is 15.7. The lowest BCUT2D eigenvalue weighted by atomic mass is 9.90. The van der Waals surface area contributed by atoms with Crippen LogP contribution in [0.3, 0.4) is 0 Å². The van der Waals surface area contributed by atoms with E-state index in [-0.39, 0.29) is 5.91 Å². The minimum absolute atomic E-state index is 0.110. The summed E-state index contributed by atoms with van der Waals surface area (Å²) in [6.45, 7) is 0.855. The number of hydrogen-bond acceptors (Lipinski definition) is 4. The highest BCUT2D eigenvalue weighted by molar-refractivity contribution is 6.31. The molecule has 6 heteroatoms. The summed E-state index contributed by atoms with van der Waals surface area (Å²) in [6.07, 6.45) is 1.77. The molecule has 1 atom stereocenters. The van der Waals surface area contributed by atoms with Gasteiger partial charge in [0.05, 0.1) is 16.9 Å². The van der Waals surface area contributed by atoms with Gasteiger partial charge in [0.1, 0.15) is 5.92 Å². The molecule has 5 nitrogen and oxygen atoms in total. The summed E-state index contributed by atoms with van der Waals surface area (Å²) < 4.78 is 0. The van der Waals surface area contributed by atoms with Gasteiger partial charge in [-0.25, -0.2) is 0 Å². The molecule has 0 saturated heterocycles. The van der Waals surface area contributed by atoms with E-state index < -0.39 is 5.92 Å². The fourth-order valence-electron chi connectivity index (χ4n) is 4.22. The zero-order chi connectivity index (χ0) is 22.9. The SMILES string of the molecule is CN(C)Cc1ccc(N=C(c2ccc3ncccc3c2)C2C(=O)Nc3cc(Cl)ccc32)cc1. The van der Waals surface area contributed by atoms with Crippen LogP contribution < -0.4 is 5.32 Å². The Balaban J connectivity index is 1.64. The average Bonchev–Trinajstić information content (AvgIpc) is 3.12. The van der Waals surface area contributed by atoms with Crippen molar-refractivity contribution < 1.29 is 4.79 Å². The maximum atomic E-state index is 13.1. The number of amides is 1. The number of nitrogens with zero attached hydrogens (tertiary/aromatic N) is 3. The van der Waals surface area contributed by atoms with Gasteiger partial charge in [-0.2, -0.15) is 0 Å². The van der Waals surface area contributed by atoms with Crippen molar-refractivity contribution in [1.82, 2.24) is 9.88 Å². The Morgan fingerprint density at radius 3 is 2.67 bits per heavy atom. The first-order valence-corrected chi connectivity index (χ1v) is 11.1. The molecule has 2 heterocycles.